The van der Waals surface area contributed by atoms with Gasteiger partial charge in [0, 0.05) is 35.1 Å². The molecule has 1 aliphatic rings. The first-order valence-electron chi connectivity index (χ1n) is 9.93. The molecule has 0 unspecified atom stereocenters. The fourth-order valence-corrected chi connectivity index (χ4v) is 4.66. The molecule has 0 amide bonds. The van der Waals surface area contributed by atoms with Gasteiger partial charge in [-0.05, 0) is 18.6 Å². The van der Waals surface area contributed by atoms with Crippen LogP contribution >= 0.6 is 0 Å². The number of esters is 1. The minimum absolute atomic E-state index is 0. The molecule has 0 aliphatic carbocycles. The van der Waals surface area contributed by atoms with Gasteiger partial charge < -0.3 is 31.6 Å². The van der Waals surface area contributed by atoms with Gasteiger partial charge in [0.2, 0.25) is 5.69 Å². The molecule has 3 heterocycles. The molecule has 1 N–H and O–H groups in total. The van der Waals surface area contributed by atoms with Gasteiger partial charge in [-0.3, -0.25) is 0 Å². The highest BCUT2D eigenvalue weighted by atomic mass is 35.5. The minimum atomic E-state index is -0.325. The summed E-state index contributed by atoms with van der Waals surface area (Å²) in [6.07, 6.45) is 5.39. The van der Waals surface area contributed by atoms with Gasteiger partial charge in [-0.25, -0.2) is 9.36 Å². The van der Waals surface area contributed by atoms with Crippen LogP contribution in [0.1, 0.15) is 19.0 Å². The van der Waals surface area contributed by atoms with Crippen molar-refractivity contribution in [1.82, 2.24) is 4.98 Å². The molecule has 160 valence electrons. The Bertz CT molecular complexity index is 1110. The van der Waals surface area contributed by atoms with E-state index in [4.69, 9.17) is 14.2 Å². The number of fused-ring (bicyclic) bond motifs is 5. The van der Waals surface area contributed by atoms with Crippen molar-refractivity contribution in [2.75, 3.05) is 21.3 Å². The lowest BCUT2D eigenvalue weighted by Gasteiger charge is -2.29. The van der Waals surface area contributed by atoms with Gasteiger partial charge in [0.15, 0.2) is 12.7 Å². The molecule has 0 saturated carbocycles. The summed E-state index contributed by atoms with van der Waals surface area (Å²) in [5.41, 5.74) is 3.91. The molecule has 7 heteroatoms. The quantitative estimate of drug-likeness (QED) is 0.277. The van der Waals surface area contributed by atoms with Crippen molar-refractivity contribution < 1.29 is 36.0 Å². The Morgan fingerprint density at radius 2 is 2.07 bits per heavy atom. The number of hydrogen-bond donors (Lipinski definition) is 1. The lowest BCUT2D eigenvalue weighted by molar-refractivity contribution is -0.716. The molecule has 4 rings (SSSR count). The molecule has 0 radical (unpaired) electrons. The fourth-order valence-electron chi connectivity index (χ4n) is 4.66. The highest BCUT2D eigenvalue weighted by Crippen LogP contribution is 2.37. The van der Waals surface area contributed by atoms with Crippen LogP contribution in [0.25, 0.3) is 21.8 Å². The molecule has 6 nitrogen and oxygen atoms in total. The van der Waals surface area contributed by atoms with E-state index in [0.717, 1.165) is 46.9 Å². The van der Waals surface area contributed by atoms with E-state index in [1.54, 1.807) is 20.5 Å². The summed E-state index contributed by atoms with van der Waals surface area (Å²) in [6.45, 7) is 3.01. The Kier molecular flexibility index (Phi) is 6.56. The number of methoxy groups -OCH3 is 3. The summed E-state index contributed by atoms with van der Waals surface area (Å²) < 4.78 is 18.2. The molecular formula is C23H27ClN2O4. The predicted molar refractivity (Wildman–Crippen MR) is 111 cm³/mol. The molecular weight excluding hydrogens is 404 g/mol. The van der Waals surface area contributed by atoms with E-state index >= 15 is 0 Å². The maximum Gasteiger partial charge on any atom is 0.337 e. The smallest absolute Gasteiger partial charge is 0.337 e. The Morgan fingerprint density at radius 1 is 1.27 bits per heavy atom. The second-order valence-corrected chi connectivity index (χ2v) is 7.49. The van der Waals surface area contributed by atoms with Crippen LogP contribution in [-0.4, -0.2) is 32.3 Å². The Hall–Kier alpha value is -2.73. The van der Waals surface area contributed by atoms with E-state index in [2.05, 4.69) is 34.8 Å². The first kappa shape index (κ1) is 22.0. The van der Waals surface area contributed by atoms with Gasteiger partial charge in [-0.15, -0.1) is 0 Å². The zero-order valence-electron chi connectivity index (χ0n) is 17.7. The van der Waals surface area contributed by atoms with Gasteiger partial charge in [0.1, 0.15) is 11.3 Å². The van der Waals surface area contributed by atoms with Gasteiger partial charge in [-0.1, -0.05) is 13.0 Å². The van der Waals surface area contributed by atoms with E-state index in [0.29, 0.717) is 11.5 Å². The molecule has 2 aromatic heterocycles. The van der Waals surface area contributed by atoms with E-state index in [-0.39, 0.29) is 24.3 Å². The molecule has 0 bridgehead atoms. The lowest BCUT2D eigenvalue weighted by Crippen LogP contribution is -3.00. The third kappa shape index (κ3) is 3.49. The van der Waals surface area contributed by atoms with Crippen LogP contribution in [0.3, 0.4) is 0 Å². The summed E-state index contributed by atoms with van der Waals surface area (Å²) in [7, 11) is 4.68. The molecule has 0 saturated heterocycles. The van der Waals surface area contributed by atoms with Crippen molar-refractivity contribution in [1.29, 1.82) is 0 Å². The SMILES string of the molecule is CC[C@@H]1C[n+]2ccc3c([nH]c4cccc(OC)c43)c2C[C@@H]1/C(=C\OC)C(=O)OC.[Cl-]. The van der Waals surface area contributed by atoms with E-state index < -0.39 is 0 Å². The van der Waals surface area contributed by atoms with E-state index in [9.17, 15) is 4.79 Å². The zero-order valence-corrected chi connectivity index (χ0v) is 18.5. The highest BCUT2D eigenvalue weighted by Gasteiger charge is 2.39. The number of nitrogens with one attached hydrogen (secondary N) is 1. The van der Waals surface area contributed by atoms with Crippen molar-refractivity contribution in [2.24, 2.45) is 11.8 Å². The van der Waals surface area contributed by atoms with Crippen molar-refractivity contribution >= 4 is 27.8 Å². The number of nitrogens with zero attached hydrogens (tertiary/aromatic N) is 1. The van der Waals surface area contributed by atoms with Gasteiger partial charge in [0.25, 0.3) is 0 Å². The fraction of sp³-hybridized carbons (Fsp3) is 0.391. The largest absolute Gasteiger partial charge is 1.00 e. The second-order valence-electron chi connectivity index (χ2n) is 7.49. The summed E-state index contributed by atoms with van der Waals surface area (Å²) >= 11 is 0. The Labute approximate surface area is 182 Å². The maximum absolute atomic E-state index is 12.5. The van der Waals surface area contributed by atoms with Crippen LogP contribution in [0.5, 0.6) is 5.75 Å². The summed E-state index contributed by atoms with van der Waals surface area (Å²) in [4.78, 5) is 16.0. The number of rotatable bonds is 5. The summed E-state index contributed by atoms with van der Waals surface area (Å²) in [6, 6.07) is 8.19. The molecule has 0 spiro atoms. The van der Waals surface area contributed by atoms with E-state index in [1.807, 2.05) is 12.1 Å². The Balaban J connectivity index is 0.00000256. The van der Waals surface area contributed by atoms with Crippen molar-refractivity contribution in [3.05, 3.63) is 48.0 Å². The minimum Gasteiger partial charge on any atom is -1.00 e. The zero-order chi connectivity index (χ0) is 20.5. The van der Waals surface area contributed by atoms with Crippen molar-refractivity contribution in [3.8, 4) is 5.75 Å². The molecule has 1 aromatic carbocycles. The van der Waals surface area contributed by atoms with Crippen molar-refractivity contribution in [2.45, 2.75) is 26.3 Å². The topological polar surface area (TPSA) is 64.4 Å². The first-order valence-corrected chi connectivity index (χ1v) is 9.93. The molecule has 3 aromatic rings. The van der Waals surface area contributed by atoms with Crippen LogP contribution in [0.4, 0.5) is 0 Å². The molecule has 1 aliphatic heterocycles. The summed E-state index contributed by atoms with van der Waals surface area (Å²) in [5, 5.41) is 2.22. The molecule has 30 heavy (non-hydrogen) atoms. The number of carbonyl (C=O) groups excluding carboxylic acids is 1. The lowest BCUT2D eigenvalue weighted by atomic mass is 9.78. The van der Waals surface area contributed by atoms with E-state index in [1.165, 1.54) is 12.8 Å². The van der Waals surface area contributed by atoms with Gasteiger partial charge in [-0.2, -0.15) is 0 Å². The monoisotopic (exact) mass is 430 g/mol. The number of ether oxygens (including phenoxy) is 3. The normalized spacial score (nSPS) is 18.6. The third-order valence-electron chi connectivity index (χ3n) is 6.10. The number of pyridine rings is 1. The van der Waals surface area contributed by atoms with Crippen LogP contribution in [-0.2, 0) is 27.2 Å². The third-order valence-corrected chi connectivity index (χ3v) is 6.10. The standard InChI is InChI=1S/C23H26N2O4.ClH/c1-5-14-12-25-10-9-15-21-18(7-6-8-20(21)28-3)24-22(15)19(25)11-16(14)17(13-27-2)23(26)29-4;/h6-10,13-14,16H,5,11-12H2,1-4H3;1H/b17-13+;/t14-,16+;/m1./s1. The average Bonchev–Trinajstić information content (AvgIpc) is 3.15. The number of hydrogen-bond acceptors (Lipinski definition) is 4. The maximum atomic E-state index is 12.5. The Morgan fingerprint density at radius 3 is 2.73 bits per heavy atom. The first-order chi connectivity index (χ1) is 14.1. The second kappa shape index (κ2) is 8.96. The number of H-pyrrole nitrogens is 1. The van der Waals surface area contributed by atoms with Crippen molar-refractivity contribution in [3.63, 3.8) is 0 Å². The predicted octanol–water partition coefficient (Wildman–Crippen LogP) is 0.523. The number of halogens is 1. The van der Waals surface area contributed by atoms with Crippen LogP contribution in [0.2, 0.25) is 0 Å². The van der Waals surface area contributed by atoms with Gasteiger partial charge >= 0.3 is 5.97 Å². The van der Waals surface area contributed by atoms with Crippen LogP contribution in [0.15, 0.2) is 42.3 Å². The number of benzene rings is 1. The number of aromatic amines is 1. The molecule has 2 atom stereocenters. The van der Waals surface area contributed by atoms with Crippen LogP contribution < -0.4 is 21.7 Å². The number of carbonyl (C=O) groups is 1. The van der Waals surface area contributed by atoms with Crippen LogP contribution in [0, 0.1) is 11.8 Å². The number of aromatic nitrogens is 2. The molecule has 0 fully saturated rings. The van der Waals surface area contributed by atoms with Gasteiger partial charge in [0.05, 0.1) is 38.7 Å². The summed E-state index contributed by atoms with van der Waals surface area (Å²) in [5.74, 6) is 0.886. The average molecular weight is 431 g/mol. The highest BCUT2D eigenvalue weighted by molar-refractivity contribution is 6.10.